The van der Waals surface area contributed by atoms with E-state index >= 15 is 0 Å². The maximum atomic E-state index is 13.7. The van der Waals surface area contributed by atoms with Gasteiger partial charge in [0.15, 0.2) is 0 Å². The fraction of sp³-hybridized carbons (Fsp3) is 0.0769. The van der Waals surface area contributed by atoms with Gasteiger partial charge in [0.25, 0.3) is 0 Å². The van der Waals surface area contributed by atoms with Crippen LogP contribution in [0.3, 0.4) is 0 Å². The molecule has 0 spiro atoms. The van der Waals surface area contributed by atoms with Gasteiger partial charge in [-0.1, -0.05) is 36.4 Å². The second-order valence-corrected chi connectivity index (χ2v) is 14.5. The first kappa shape index (κ1) is 43.4. The molecule has 0 amide bonds. The Kier molecular flexibility index (Phi) is 14.4. The van der Waals surface area contributed by atoms with E-state index in [0.717, 1.165) is 50.1 Å². The monoisotopic (exact) mass is 841 g/mol. The van der Waals surface area contributed by atoms with Gasteiger partial charge in [0, 0.05) is 0 Å². The summed E-state index contributed by atoms with van der Waals surface area (Å²) in [5, 5.41) is 0. The summed E-state index contributed by atoms with van der Waals surface area (Å²) in [6.07, 6.45) is 0. The molecule has 0 aliphatic rings. The topological polar surface area (TPSA) is 176 Å². The molecular formula is C52H42BN6O5+3. The number of esters is 2. The van der Waals surface area contributed by atoms with Gasteiger partial charge in [-0.2, -0.15) is 0 Å². The fourth-order valence-corrected chi connectivity index (χ4v) is 6.92. The van der Waals surface area contributed by atoms with Crippen molar-refractivity contribution in [2.24, 2.45) is 0 Å². The predicted molar refractivity (Wildman–Crippen MR) is 242 cm³/mol. The van der Waals surface area contributed by atoms with Gasteiger partial charge in [0.1, 0.15) is 0 Å². The zero-order valence-corrected chi connectivity index (χ0v) is 34.9. The number of benzene rings is 7. The molecule has 310 valence electrons. The zero-order chi connectivity index (χ0) is 44.7. The molecule has 64 heavy (non-hydrogen) atoms. The number of nitrogens with zero attached hydrogens (tertiary/aromatic N) is 3. The van der Waals surface area contributed by atoms with Crippen LogP contribution in [0.4, 0.5) is 0 Å². The van der Waals surface area contributed by atoms with Crippen LogP contribution in [-0.4, -0.2) is 56.0 Å². The molecule has 0 aromatic heterocycles. The van der Waals surface area contributed by atoms with Crippen molar-refractivity contribution < 1.29 is 38.2 Å². The zero-order valence-electron chi connectivity index (χ0n) is 34.9. The van der Waals surface area contributed by atoms with Gasteiger partial charge in [0.2, 0.25) is 0 Å². The average Bonchev–Trinajstić information content (AvgIpc) is 3.35. The molecule has 12 heteroatoms. The summed E-state index contributed by atoms with van der Waals surface area (Å²) in [6.45, 7) is 3.63. The molecule has 0 unspecified atom stereocenters. The molecule has 0 saturated heterocycles. The molecule has 0 bridgehead atoms. The van der Waals surface area contributed by atoms with E-state index < -0.39 is 11.9 Å². The van der Waals surface area contributed by atoms with E-state index in [0.29, 0.717) is 28.3 Å². The Bertz CT molecular complexity index is 2820. The van der Waals surface area contributed by atoms with E-state index in [-0.39, 0.29) is 30.9 Å². The Morgan fingerprint density at radius 2 is 0.672 bits per heavy atom. The van der Waals surface area contributed by atoms with Gasteiger partial charge in [0.05, 0.1) is 31.8 Å². The normalized spacial score (nSPS) is 10.5. The summed E-state index contributed by atoms with van der Waals surface area (Å²) in [5.41, 5.74) is 33.0. The van der Waals surface area contributed by atoms with Gasteiger partial charge in [-0.15, -0.1) is 0 Å². The van der Waals surface area contributed by atoms with Crippen LogP contribution in [0, 0.1) is 16.6 Å². The third-order valence-corrected chi connectivity index (χ3v) is 10.2. The minimum absolute atomic E-state index is 0.0470. The summed E-state index contributed by atoms with van der Waals surface area (Å²) < 4.78 is 17.8. The van der Waals surface area contributed by atoms with E-state index in [1.807, 2.05) is 164 Å². The molecule has 0 heterocycles. The van der Waals surface area contributed by atoms with Gasteiger partial charge < -0.3 is 0 Å². The summed E-state index contributed by atoms with van der Waals surface area (Å²) >= 11 is 0. The van der Waals surface area contributed by atoms with Crippen LogP contribution in [0.15, 0.2) is 182 Å². The van der Waals surface area contributed by atoms with Crippen LogP contribution >= 0.6 is 0 Å². The van der Waals surface area contributed by atoms with Gasteiger partial charge in [-0.3, -0.25) is 0 Å². The Hall–Kier alpha value is -8.65. The molecule has 0 fully saturated rings. The van der Waals surface area contributed by atoms with Gasteiger partial charge in [-0.25, -0.2) is 0 Å². The first-order valence-corrected chi connectivity index (χ1v) is 20.3. The number of carbonyl (C=O) groups excluding carboxylic acids is 2. The van der Waals surface area contributed by atoms with E-state index in [1.165, 1.54) is 6.07 Å². The second kappa shape index (κ2) is 21.2. The number of nitrogens with one attached hydrogen (secondary N) is 3. The van der Waals surface area contributed by atoms with Crippen LogP contribution in [0.5, 0.6) is 0 Å². The van der Waals surface area contributed by atoms with Crippen molar-refractivity contribution in [3.8, 4) is 0 Å². The Balaban J connectivity index is 1.08. The molecule has 0 atom stereocenters. The molecule has 3 N–H and O–H groups in total. The van der Waals surface area contributed by atoms with Gasteiger partial charge >= 0.3 is 279 Å². The molecular weight excluding hydrogens is 799 g/mol. The van der Waals surface area contributed by atoms with Crippen molar-refractivity contribution in [3.63, 3.8) is 0 Å². The molecule has 11 nitrogen and oxygen atoms in total. The third kappa shape index (κ3) is 10.8. The number of carbonyl (C=O) groups is 2. The summed E-state index contributed by atoms with van der Waals surface area (Å²) in [5.74, 6) is -1.32. The molecule has 7 aromatic carbocycles. The second-order valence-electron chi connectivity index (χ2n) is 14.5. The van der Waals surface area contributed by atoms with Crippen molar-refractivity contribution in [1.82, 2.24) is 0 Å². The molecule has 7 rings (SSSR count). The fourth-order valence-electron chi connectivity index (χ4n) is 6.92. The molecule has 0 saturated carbocycles. The maximum absolute atomic E-state index is 13.7. The average molecular weight is 842 g/mol. The Morgan fingerprint density at radius 1 is 0.391 bits per heavy atom. The van der Waals surface area contributed by atoms with Crippen LogP contribution in [0.25, 0.3) is 0 Å². The van der Waals surface area contributed by atoms with Crippen LogP contribution in [-0.2, 0) is 34.0 Å². The van der Waals surface area contributed by atoms with Crippen molar-refractivity contribution in [2.45, 2.75) is 26.6 Å². The van der Waals surface area contributed by atoms with Gasteiger partial charge in [-0.05, 0) is 24.3 Å². The predicted octanol–water partition coefficient (Wildman–Crippen LogP) is 9.08. The number of ether oxygens (including phenoxy) is 3. The van der Waals surface area contributed by atoms with Crippen molar-refractivity contribution in [1.29, 1.82) is 16.6 Å². The van der Waals surface area contributed by atoms with Crippen LogP contribution in [0.1, 0.15) is 76.4 Å². The van der Waals surface area contributed by atoms with Crippen LogP contribution in [0.2, 0.25) is 6.82 Å². The van der Waals surface area contributed by atoms with E-state index in [1.54, 1.807) is 25.9 Å². The molecule has 7 aromatic rings. The first-order valence-electron chi connectivity index (χ1n) is 20.3. The van der Waals surface area contributed by atoms with Crippen LogP contribution < -0.4 is 0 Å². The molecule has 0 aliphatic heterocycles. The standard InChI is InChI=1S/C52H42BN6O5/c1-53-50(62-32-35-17-23-41(24-18-35)47(57-54)38-11-5-2-6-12-38)44-29-45(51(60)63-33-36-19-25-42(26-20-36)48(58-55)39-13-7-3-8-14-39)31-46(30-44)52(61)64-34-37-21-27-43(28-22-37)49(59-56)40-15-9-4-10-16-40/h2-31,54-56H,32-34H2,1H3/q+3. The van der Waals surface area contributed by atoms with E-state index in [4.69, 9.17) is 30.8 Å². The summed E-state index contributed by atoms with van der Waals surface area (Å²) in [4.78, 5) is 38.7. The Labute approximate surface area is 370 Å². The summed E-state index contributed by atoms with van der Waals surface area (Å²) in [6, 6.07) is 55.2. The van der Waals surface area contributed by atoms with Crippen molar-refractivity contribution >= 4 is 41.6 Å². The number of hydrogen-bond acceptors (Lipinski definition) is 8. The molecule has 0 aliphatic carbocycles. The van der Waals surface area contributed by atoms with E-state index in [9.17, 15) is 9.59 Å². The first-order chi connectivity index (χ1) is 31.4. The number of rotatable bonds is 16. The van der Waals surface area contributed by atoms with Crippen molar-refractivity contribution in [3.05, 3.63) is 249 Å². The Morgan fingerprint density at radius 3 is 0.969 bits per heavy atom. The molecule has 0 radical (unpaired) electrons. The minimum atomic E-state index is -0.658. The van der Waals surface area contributed by atoms with E-state index in [2.05, 4.69) is 14.4 Å². The SMILES string of the molecule is C/B=C(\OCc1ccc(C(=[N+]=N)c2ccccc2)cc1)c1cc(C(=O)OCc2ccc(C(=[N+]=N)c3ccccc3)cc2)cc(C(=O)OCc2ccc(C(=[N+]=N)c3ccccc3)cc2)c1. The quantitative estimate of drug-likeness (QED) is 0.0289. The number of hydrogen-bond donors (Lipinski definition) is 3. The van der Waals surface area contributed by atoms with Crippen molar-refractivity contribution in [2.75, 3.05) is 0 Å². The summed E-state index contributed by atoms with van der Waals surface area (Å²) in [7, 11) is 0. The third-order valence-electron chi connectivity index (χ3n) is 10.2.